The number of para-hydroxylation sites is 1. The van der Waals surface area contributed by atoms with Gasteiger partial charge in [-0.2, -0.15) is 5.10 Å². The van der Waals surface area contributed by atoms with Gasteiger partial charge >= 0.3 is 5.91 Å². The number of hydrogen-bond donors (Lipinski definition) is 2. The summed E-state index contributed by atoms with van der Waals surface area (Å²) in [4.78, 5) is 25.3. The zero-order valence-electron chi connectivity index (χ0n) is 24.7. The maximum Gasteiger partial charge on any atom is 0.307 e. The number of benzene rings is 3. The molecule has 0 radical (unpaired) electrons. The van der Waals surface area contributed by atoms with Crippen LogP contribution in [0.25, 0.3) is 16.6 Å². The number of anilines is 1. The molecule has 3 aromatic carbocycles. The number of aryl methyl sites for hydroxylation is 2. The molecule has 0 saturated carbocycles. The summed E-state index contributed by atoms with van der Waals surface area (Å²) in [7, 11) is 0. The van der Waals surface area contributed by atoms with Crippen molar-refractivity contribution in [3.05, 3.63) is 138 Å². The van der Waals surface area contributed by atoms with Crippen LogP contribution in [0, 0.1) is 19.7 Å². The molecule has 2 amide bonds. The smallest absolute Gasteiger partial charge is 0.307 e. The van der Waals surface area contributed by atoms with Gasteiger partial charge in [0.25, 0.3) is 0 Å². The Morgan fingerprint density at radius 1 is 0.933 bits per heavy atom. The molecule has 3 aromatic heterocycles. The maximum atomic E-state index is 13.5. The minimum atomic E-state index is -0.516. The van der Waals surface area contributed by atoms with E-state index in [4.69, 9.17) is 9.15 Å². The molecule has 0 aliphatic heterocycles. The maximum absolute atomic E-state index is 13.5. The molecule has 0 bridgehead atoms. The number of hydrogen-bond acceptors (Lipinski definition) is 5. The zero-order chi connectivity index (χ0) is 31.3. The van der Waals surface area contributed by atoms with Crippen molar-refractivity contribution in [1.82, 2.24) is 14.6 Å². The average Bonchev–Trinajstić information content (AvgIpc) is 3.74. The van der Waals surface area contributed by atoms with Gasteiger partial charge in [-0.3, -0.25) is 9.59 Å². The number of halogens is 1. The summed E-state index contributed by atoms with van der Waals surface area (Å²) in [6.07, 6.45) is 3.27. The third kappa shape index (κ3) is 6.70. The van der Waals surface area contributed by atoms with E-state index in [9.17, 15) is 14.0 Å². The number of furan rings is 1. The molecule has 0 saturated heterocycles. The molecule has 2 N–H and O–H groups in total. The van der Waals surface area contributed by atoms with E-state index in [1.165, 1.54) is 24.4 Å². The molecule has 0 aliphatic rings. The van der Waals surface area contributed by atoms with Crippen molar-refractivity contribution in [2.75, 3.05) is 5.32 Å². The summed E-state index contributed by atoms with van der Waals surface area (Å²) < 4.78 is 28.9. The second kappa shape index (κ2) is 12.8. The van der Waals surface area contributed by atoms with Crippen molar-refractivity contribution in [2.45, 2.75) is 27.0 Å². The Labute approximate surface area is 258 Å². The van der Waals surface area contributed by atoms with Crippen molar-refractivity contribution < 1.29 is 23.1 Å². The SMILES string of the molecule is Cc1ccc(C)n1-c1ccc(OCc2ccc(C(=O)N/N=C/c3cn(CC(=O)Nc4cccc(F)c4)c4ccccc34)o2)cc1. The van der Waals surface area contributed by atoms with Gasteiger partial charge < -0.3 is 23.6 Å². The van der Waals surface area contributed by atoms with Crippen LogP contribution in [0.15, 0.2) is 113 Å². The van der Waals surface area contributed by atoms with Crippen molar-refractivity contribution in [3.8, 4) is 11.4 Å². The number of fused-ring (bicyclic) bond motifs is 1. The Bertz CT molecular complexity index is 2000. The molecule has 3 heterocycles. The highest BCUT2D eigenvalue weighted by atomic mass is 19.1. The Hall–Kier alpha value is -5.90. The van der Waals surface area contributed by atoms with E-state index in [1.807, 2.05) is 48.5 Å². The number of carbonyl (C=O) groups excluding carboxylic acids is 2. The first-order valence-corrected chi connectivity index (χ1v) is 14.3. The molecule has 6 aromatic rings. The van der Waals surface area contributed by atoms with Gasteiger partial charge in [-0.05, 0) is 86.6 Å². The lowest BCUT2D eigenvalue weighted by molar-refractivity contribution is -0.116. The monoisotopic (exact) mass is 603 g/mol. The minimum Gasteiger partial charge on any atom is -0.486 e. The van der Waals surface area contributed by atoms with Crippen LogP contribution in [0.1, 0.15) is 33.3 Å². The lowest BCUT2D eigenvalue weighted by Crippen LogP contribution is -2.18. The van der Waals surface area contributed by atoms with Crippen LogP contribution in [0.3, 0.4) is 0 Å². The van der Waals surface area contributed by atoms with Gasteiger partial charge in [0.05, 0.1) is 6.21 Å². The molecule has 0 aliphatic carbocycles. The lowest BCUT2D eigenvalue weighted by atomic mass is 10.2. The molecule has 45 heavy (non-hydrogen) atoms. The van der Waals surface area contributed by atoms with Gasteiger partial charge in [0, 0.05) is 45.4 Å². The number of aromatic nitrogens is 2. The predicted octanol–water partition coefficient (Wildman–Crippen LogP) is 6.76. The predicted molar refractivity (Wildman–Crippen MR) is 170 cm³/mol. The molecule has 0 spiro atoms. The molecular weight excluding hydrogens is 573 g/mol. The van der Waals surface area contributed by atoms with Gasteiger partial charge in [0.15, 0.2) is 5.76 Å². The van der Waals surface area contributed by atoms with Crippen LogP contribution >= 0.6 is 0 Å². The molecule has 10 heteroatoms. The zero-order valence-corrected chi connectivity index (χ0v) is 24.7. The number of ether oxygens (including phenoxy) is 1. The molecule has 6 rings (SSSR count). The summed E-state index contributed by atoms with van der Waals surface area (Å²) in [6, 6.07) is 28.4. The second-order valence-corrected chi connectivity index (χ2v) is 10.5. The number of rotatable bonds is 10. The van der Waals surface area contributed by atoms with Crippen molar-refractivity contribution in [2.24, 2.45) is 5.10 Å². The lowest BCUT2D eigenvalue weighted by Gasteiger charge is -2.10. The van der Waals surface area contributed by atoms with E-state index >= 15 is 0 Å². The first kappa shape index (κ1) is 29.2. The third-order valence-electron chi connectivity index (χ3n) is 7.24. The summed E-state index contributed by atoms with van der Waals surface area (Å²) in [5, 5.41) is 7.66. The van der Waals surface area contributed by atoms with Crippen LogP contribution in [-0.4, -0.2) is 27.2 Å². The Morgan fingerprint density at radius 2 is 1.71 bits per heavy atom. The normalized spacial score (nSPS) is 11.3. The number of nitrogens with zero attached hydrogens (tertiary/aromatic N) is 3. The summed E-state index contributed by atoms with van der Waals surface area (Å²) in [5.74, 6) is 0.00557. The van der Waals surface area contributed by atoms with Crippen molar-refractivity contribution >= 4 is 34.6 Å². The van der Waals surface area contributed by atoms with E-state index in [2.05, 4.69) is 46.4 Å². The van der Waals surface area contributed by atoms with Crippen molar-refractivity contribution in [3.63, 3.8) is 0 Å². The first-order valence-electron chi connectivity index (χ1n) is 14.3. The van der Waals surface area contributed by atoms with E-state index in [0.29, 0.717) is 22.8 Å². The molecule has 226 valence electrons. The van der Waals surface area contributed by atoms with Crippen LogP contribution in [0.5, 0.6) is 5.75 Å². The van der Waals surface area contributed by atoms with E-state index < -0.39 is 11.7 Å². The molecule has 0 fully saturated rings. The Kier molecular flexibility index (Phi) is 8.28. The van der Waals surface area contributed by atoms with E-state index in [-0.39, 0.29) is 24.8 Å². The van der Waals surface area contributed by atoms with Gasteiger partial charge in [-0.25, -0.2) is 9.82 Å². The van der Waals surface area contributed by atoms with Gasteiger partial charge in [0.2, 0.25) is 5.91 Å². The number of amides is 2. The van der Waals surface area contributed by atoms with E-state index in [0.717, 1.165) is 28.0 Å². The fourth-order valence-electron chi connectivity index (χ4n) is 5.15. The summed E-state index contributed by atoms with van der Waals surface area (Å²) in [5.41, 5.74) is 7.73. The summed E-state index contributed by atoms with van der Waals surface area (Å²) in [6.45, 7) is 4.29. The Morgan fingerprint density at radius 3 is 2.49 bits per heavy atom. The summed E-state index contributed by atoms with van der Waals surface area (Å²) >= 11 is 0. The molecule has 0 unspecified atom stereocenters. The topological polar surface area (TPSA) is 103 Å². The highest BCUT2D eigenvalue weighted by molar-refractivity contribution is 6.01. The largest absolute Gasteiger partial charge is 0.486 e. The van der Waals surface area contributed by atoms with Crippen molar-refractivity contribution in [1.29, 1.82) is 0 Å². The third-order valence-corrected chi connectivity index (χ3v) is 7.24. The number of nitrogens with one attached hydrogen (secondary N) is 2. The van der Waals surface area contributed by atoms with Crippen LogP contribution in [-0.2, 0) is 17.9 Å². The fourth-order valence-corrected chi connectivity index (χ4v) is 5.15. The van der Waals surface area contributed by atoms with Gasteiger partial charge in [-0.1, -0.05) is 24.3 Å². The standard InChI is InChI=1S/C35H30FN5O4/c1-23-10-11-24(2)41(23)28-12-14-29(15-13-28)44-22-30-16-17-33(45-30)35(43)39-37-19-25-20-40(32-9-4-3-8-31(25)32)21-34(42)38-27-7-5-6-26(36)18-27/h3-20H,21-22H2,1-2H3,(H,38,42)(H,39,43)/b37-19+. The Balaban J connectivity index is 1.05. The average molecular weight is 604 g/mol. The number of carbonyl (C=O) groups is 2. The van der Waals surface area contributed by atoms with Gasteiger partial charge in [0.1, 0.15) is 30.5 Å². The van der Waals surface area contributed by atoms with Gasteiger partial charge in [-0.15, -0.1) is 0 Å². The van der Waals surface area contributed by atoms with Crippen LogP contribution < -0.4 is 15.5 Å². The van der Waals surface area contributed by atoms with Crippen LogP contribution in [0.4, 0.5) is 10.1 Å². The minimum absolute atomic E-state index is 0.00505. The fraction of sp³-hybridized carbons (Fsp3) is 0.114. The number of hydrazone groups is 1. The highest BCUT2D eigenvalue weighted by Crippen LogP contribution is 2.22. The first-order chi connectivity index (χ1) is 21.8. The second-order valence-electron chi connectivity index (χ2n) is 10.5. The molecule has 9 nitrogen and oxygen atoms in total. The molecule has 0 atom stereocenters. The van der Waals surface area contributed by atoms with E-state index in [1.54, 1.807) is 29.0 Å². The quantitative estimate of drug-likeness (QED) is 0.133. The molecular formula is C35H30FN5O4. The highest BCUT2D eigenvalue weighted by Gasteiger charge is 2.13. The van der Waals surface area contributed by atoms with Crippen LogP contribution in [0.2, 0.25) is 0 Å².